The first-order valence-corrected chi connectivity index (χ1v) is 3.63. The summed E-state index contributed by atoms with van der Waals surface area (Å²) in [6.45, 7) is 4.01. The van der Waals surface area contributed by atoms with Crippen LogP contribution in [0.15, 0.2) is 18.3 Å². The van der Waals surface area contributed by atoms with E-state index in [1.807, 2.05) is 26.0 Å². The molecule has 1 nitrogen and oxygen atoms in total. The van der Waals surface area contributed by atoms with Crippen molar-refractivity contribution in [3.63, 3.8) is 0 Å². The Bertz CT molecular complexity index is 283. The van der Waals surface area contributed by atoms with Crippen LogP contribution in [0.2, 0.25) is 0 Å². The maximum Gasteiger partial charge on any atom is 0.0596 e. The minimum Gasteiger partial charge on any atom is -0.260 e. The van der Waals surface area contributed by atoms with E-state index in [0.29, 0.717) is 0 Å². The summed E-state index contributed by atoms with van der Waals surface area (Å²) in [5.74, 6) is 2.78. The molecular weight excluding hydrogens is 134 g/mol. The van der Waals surface area contributed by atoms with Gasteiger partial charge in [-0.05, 0) is 25.5 Å². The lowest BCUT2D eigenvalue weighted by atomic mass is 10.0. The van der Waals surface area contributed by atoms with Crippen LogP contribution in [0.1, 0.15) is 24.1 Å². The van der Waals surface area contributed by atoms with Crippen LogP contribution in [0.5, 0.6) is 0 Å². The quantitative estimate of drug-likeness (QED) is 0.552. The van der Waals surface area contributed by atoms with Crippen LogP contribution < -0.4 is 0 Å². The van der Waals surface area contributed by atoms with E-state index in [1.165, 1.54) is 0 Å². The zero-order valence-electron chi connectivity index (χ0n) is 6.83. The van der Waals surface area contributed by atoms with Crippen LogP contribution in [0.4, 0.5) is 0 Å². The first-order valence-electron chi connectivity index (χ1n) is 3.63. The fourth-order valence-electron chi connectivity index (χ4n) is 1.03. The van der Waals surface area contributed by atoms with E-state index in [9.17, 15) is 0 Å². The van der Waals surface area contributed by atoms with Crippen LogP contribution in [0, 0.1) is 19.3 Å². The zero-order chi connectivity index (χ0) is 8.27. The van der Waals surface area contributed by atoms with Gasteiger partial charge in [0, 0.05) is 6.20 Å². The zero-order valence-corrected chi connectivity index (χ0v) is 6.83. The molecule has 1 unspecified atom stereocenters. The van der Waals surface area contributed by atoms with Gasteiger partial charge in [-0.3, -0.25) is 4.98 Å². The average Bonchev–Trinajstić information content (AvgIpc) is 2.04. The Kier molecular flexibility index (Phi) is 2.28. The summed E-state index contributed by atoms with van der Waals surface area (Å²) in [5, 5.41) is 0. The summed E-state index contributed by atoms with van der Waals surface area (Å²) in [6.07, 6.45) is 7.06. The number of aryl methyl sites for hydroxylation is 1. The van der Waals surface area contributed by atoms with Crippen molar-refractivity contribution < 1.29 is 0 Å². The smallest absolute Gasteiger partial charge is 0.0596 e. The van der Waals surface area contributed by atoms with Crippen molar-refractivity contribution in [3.8, 4) is 12.3 Å². The fraction of sp³-hybridized carbons (Fsp3) is 0.300. The van der Waals surface area contributed by atoms with Crippen molar-refractivity contribution in [1.29, 1.82) is 0 Å². The van der Waals surface area contributed by atoms with Gasteiger partial charge in [0.05, 0.1) is 11.6 Å². The summed E-state index contributed by atoms with van der Waals surface area (Å²) in [7, 11) is 0. The number of pyridine rings is 1. The van der Waals surface area contributed by atoms with E-state index in [0.717, 1.165) is 11.3 Å². The Balaban J connectivity index is 3.05. The van der Waals surface area contributed by atoms with E-state index in [-0.39, 0.29) is 5.92 Å². The predicted molar refractivity (Wildman–Crippen MR) is 46.2 cm³/mol. The lowest BCUT2D eigenvalue weighted by Gasteiger charge is -2.05. The monoisotopic (exact) mass is 145 g/mol. The molecule has 0 bridgehead atoms. The highest BCUT2D eigenvalue weighted by Crippen LogP contribution is 2.14. The molecule has 0 saturated heterocycles. The Morgan fingerprint density at radius 2 is 2.36 bits per heavy atom. The van der Waals surface area contributed by atoms with Gasteiger partial charge in [-0.1, -0.05) is 12.0 Å². The molecule has 0 saturated carbocycles. The number of rotatable bonds is 1. The van der Waals surface area contributed by atoms with Gasteiger partial charge in [0.15, 0.2) is 0 Å². The summed E-state index contributed by atoms with van der Waals surface area (Å²) in [5.41, 5.74) is 2.17. The molecule has 0 aromatic carbocycles. The highest BCUT2D eigenvalue weighted by atomic mass is 14.7. The normalized spacial score (nSPS) is 12.1. The van der Waals surface area contributed by atoms with Crippen molar-refractivity contribution in [2.24, 2.45) is 0 Å². The van der Waals surface area contributed by atoms with Crippen LogP contribution >= 0.6 is 0 Å². The van der Waals surface area contributed by atoms with Gasteiger partial charge >= 0.3 is 0 Å². The molecule has 1 rings (SSSR count). The van der Waals surface area contributed by atoms with E-state index in [2.05, 4.69) is 10.9 Å². The SMILES string of the molecule is C#CC(C)c1ncccc1C. The average molecular weight is 145 g/mol. The summed E-state index contributed by atoms with van der Waals surface area (Å²) in [4.78, 5) is 4.21. The van der Waals surface area contributed by atoms with E-state index in [1.54, 1.807) is 6.20 Å². The van der Waals surface area contributed by atoms with Gasteiger partial charge in [0.1, 0.15) is 0 Å². The van der Waals surface area contributed by atoms with E-state index < -0.39 is 0 Å². The predicted octanol–water partition coefficient (Wildman–Crippen LogP) is 2.13. The number of hydrogen-bond donors (Lipinski definition) is 0. The molecule has 0 fully saturated rings. The standard InChI is InChI=1S/C10H11N/c1-4-8(2)10-9(3)6-5-7-11-10/h1,5-8H,2-3H3. The second-order valence-electron chi connectivity index (χ2n) is 2.59. The minimum absolute atomic E-state index is 0.121. The van der Waals surface area contributed by atoms with Crippen LogP contribution in [-0.4, -0.2) is 4.98 Å². The molecule has 11 heavy (non-hydrogen) atoms. The number of hydrogen-bond acceptors (Lipinski definition) is 1. The molecular formula is C10H11N. The molecule has 0 amide bonds. The minimum atomic E-state index is 0.121. The topological polar surface area (TPSA) is 12.9 Å². The van der Waals surface area contributed by atoms with E-state index in [4.69, 9.17) is 6.42 Å². The molecule has 1 aromatic rings. The third-order valence-corrected chi connectivity index (χ3v) is 1.71. The second kappa shape index (κ2) is 3.21. The Morgan fingerprint density at radius 1 is 1.64 bits per heavy atom. The van der Waals surface area contributed by atoms with Crippen molar-refractivity contribution in [3.05, 3.63) is 29.6 Å². The maximum atomic E-state index is 5.28. The van der Waals surface area contributed by atoms with Gasteiger partial charge in [-0.25, -0.2) is 0 Å². The van der Waals surface area contributed by atoms with Gasteiger partial charge in [0.2, 0.25) is 0 Å². The van der Waals surface area contributed by atoms with Gasteiger partial charge in [0.25, 0.3) is 0 Å². The first kappa shape index (κ1) is 7.81. The highest BCUT2D eigenvalue weighted by Gasteiger charge is 2.04. The molecule has 56 valence electrons. The molecule has 0 aliphatic heterocycles. The lowest BCUT2D eigenvalue weighted by molar-refractivity contribution is 0.918. The number of terminal acetylenes is 1. The van der Waals surface area contributed by atoms with Crippen molar-refractivity contribution in [2.45, 2.75) is 19.8 Å². The molecule has 0 N–H and O–H groups in total. The Morgan fingerprint density at radius 3 is 2.91 bits per heavy atom. The molecule has 1 heterocycles. The van der Waals surface area contributed by atoms with Gasteiger partial charge < -0.3 is 0 Å². The summed E-state index contributed by atoms with van der Waals surface area (Å²) >= 11 is 0. The van der Waals surface area contributed by atoms with Crippen LogP contribution in [0.25, 0.3) is 0 Å². The molecule has 0 spiro atoms. The Hall–Kier alpha value is -1.29. The van der Waals surface area contributed by atoms with Crippen molar-refractivity contribution in [1.82, 2.24) is 4.98 Å². The summed E-state index contributed by atoms with van der Waals surface area (Å²) in [6, 6.07) is 3.94. The van der Waals surface area contributed by atoms with Gasteiger partial charge in [-0.15, -0.1) is 6.42 Å². The lowest BCUT2D eigenvalue weighted by Crippen LogP contribution is -1.96. The maximum absolute atomic E-state index is 5.28. The second-order valence-corrected chi connectivity index (χ2v) is 2.59. The number of nitrogens with zero attached hydrogens (tertiary/aromatic N) is 1. The molecule has 0 radical (unpaired) electrons. The Labute approximate surface area is 67.5 Å². The largest absolute Gasteiger partial charge is 0.260 e. The first-order chi connectivity index (χ1) is 5.25. The number of aromatic nitrogens is 1. The van der Waals surface area contributed by atoms with Crippen LogP contribution in [-0.2, 0) is 0 Å². The van der Waals surface area contributed by atoms with Crippen LogP contribution in [0.3, 0.4) is 0 Å². The fourth-order valence-corrected chi connectivity index (χ4v) is 1.03. The molecule has 0 aliphatic rings. The molecule has 1 heteroatoms. The van der Waals surface area contributed by atoms with Crippen molar-refractivity contribution >= 4 is 0 Å². The molecule has 1 aromatic heterocycles. The third-order valence-electron chi connectivity index (χ3n) is 1.71. The van der Waals surface area contributed by atoms with Crippen molar-refractivity contribution in [2.75, 3.05) is 0 Å². The molecule has 1 atom stereocenters. The van der Waals surface area contributed by atoms with Gasteiger partial charge in [-0.2, -0.15) is 0 Å². The highest BCUT2D eigenvalue weighted by molar-refractivity contribution is 5.26. The third kappa shape index (κ3) is 1.59. The molecule has 0 aliphatic carbocycles. The van der Waals surface area contributed by atoms with E-state index >= 15 is 0 Å². The summed E-state index contributed by atoms with van der Waals surface area (Å²) < 4.78 is 0.